The van der Waals surface area contributed by atoms with Gasteiger partial charge in [0.15, 0.2) is 11.6 Å². The van der Waals surface area contributed by atoms with Crippen LogP contribution < -0.4 is 10.1 Å². The minimum Gasteiger partial charge on any atom is -0.490 e. The van der Waals surface area contributed by atoms with E-state index in [0.29, 0.717) is 5.56 Å². The Morgan fingerprint density at radius 2 is 1.95 bits per heavy atom. The summed E-state index contributed by atoms with van der Waals surface area (Å²) in [6, 6.07) is 8.00. The Bertz CT molecular complexity index is 677. The van der Waals surface area contributed by atoms with Crippen LogP contribution in [0, 0.1) is 21.7 Å². The molecule has 1 N–H and O–H groups in total. The third-order valence-corrected chi connectivity index (χ3v) is 2.89. The summed E-state index contributed by atoms with van der Waals surface area (Å²) in [6.45, 7) is 0.0462. The van der Waals surface area contributed by atoms with E-state index in [2.05, 4.69) is 5.32 Å². The first-order valence-electron chi connectivity index (χ1n) is 6.02. The molecule has 0 amide bonds. The molecule has 0 aromatic heterocycles. The number of benzene rings is 2. The molecule has 0 unspecified atom stereocenters. The molecule has 0 fully saturated rings. The van der Waals surface area contributed by atoms with Crippen molar-refractivity contribution in [2.45, 2.75) is 6.54 Å². The van der Waals surface area contributed by atoms with E-state index in [-0.39, 0.29) is 18.0 Å². The van der Waals surface area contributed by atoms with Crippen molar-refractivity contribution in [3.05, 3.63) is 63.7 Å². The molecule has 0 saturated heterocycles. The quantitative estimate of drug-likeness (QED) is 0.677. The SMILES string of the molecule is COc1cc(NCc2ccccc2F)c(F)cc1[N+](=O)[O-]. The molecule has 21 heavy (non-hydrogen) atoms. The van der Waals surface area contributed by atoms with Gasteiger partial charge in [-0.25, -0.2) is 8.78 Å². The van der Waals surface area contributed by atoms with Crippen molar-refractivity contribution in [2.24, 2.45) is 0 Å². The molecule has 0 saturated carbocycles. The zero-order valence-corrected chi connectivity index (χ0v) is 11.1. The zero-order valence-electron chi connectivity index (χ0n) is 11.1. The second-order valence-corrected chi connectivity index (χ2v) is 4.21. The summed E-state index contributed by atoms with van der Waals surface area (Å²) in [6.07, 6.45) is 0. The fourth-order valence-corrected chi connectivity index (χ4v) is 1.82. The molecular formula is C14H12F2N2O3. The number of hydrogen-bond acceptors (Lipinski definition) is 4. The molecule has 110 valence electrons. The number of halogens is 2. The Kier molecular flexibility index (Phi) is 4.32. The number of methoxy groups -OCH3 is 1. The average molecular weight is 294 g/mol. The van der Waals surface area contributed by atoms with Crippen LogP contribution in [0.4, 0.5) is 20.2 Å². The standard InChI is InChI=1S/C14H12F2N2O3/c1-21-14-7-12(11(16)6-13(14)18(19)20)17-8-9-4-2-3-5-10(9)15/h2-7,17H,8H2,1H3. The highest BCUT2D eigenvalue weighted by Crippen LogP contribution is 2.32. The number of nitro benzene ring substituents is 1. The largest absolute Gasteiger partial charge is 0.490 e. The molecule has 7 heteroatoms. The minimum absolute atomic E-state index is 0.000651. The van der Waals surface area contributed by atoms with Crippen molar-refractivity contribution in [1.82, 2.24) is 0 Å². The number of nitrogens with zero attached hydrogens (tertiary/aromatic N) is 1. The Balaban J connectivity index is 2.25. The third-order valence-electron chi connectivity index (χ3n) is 2.89. The van der Waals surface area contributed by atoms with Gasteiger partial charge in [0, 0.05) is 18.2 Å². The van der Waals surface area contributed by atoms with E-state index in [1.54, 1.807) is 18.2 Å². The Labute approximate surface area is 119 Å². The number of rotatable bonds is 5. The van der Waals surface area contributed by atoms with Crippen molar-refractivity contribution in [2.75, 3.05) is 12.4 Å². The lowest BCUT2D eigenvalue weighted by Gasteiger charge is -2.10. The summed E-state index contributed by atoms with van der Waals surface area (Å²) in [4.78, 5) is 10.0. The van der Waals surface area contributed by atoms with Gasteiger partial charge in [0.25, 0.3) is 0 Å². The molecule has 0 bridgehead atoms. The van der Waals surface area contributed by atoms with Gasteiger partial charge in [-0.2, -0.15) is 0 Å². The first kappa shape index (κ1) is 14.7. The molecule has 0 aliphatic heterocycles. The lowest BCUT2D eigenvalue weighted by Crippen LogP contribution is -2.05. The first-order valence-corrected chi connectivity index (χ1v) is 6.02. The van der Waals surface area contributed by atoms with Crippen molar-refractivity contribution >= 4 is 11.4 Å². The summed E-state index contributed by atoms with van der Waals surface area (Å²) in [5.74, 6) is -1.30. The smallest absolute Gasteiger partial charge is 0.313 e. The molecular weight excluding hydrogens is 282 g/mol. The third kappa shape index (κ3) is 3.25. The summed E-state index contributed by atoms with van der Waals surface area (Å²) >= 11 is 0. The van der Waals surface area contributed by atoms with Gasteiger partial charge in [0.1, 0.15) is 5.82 Å². The molecule has 2 aromatic rings. The second kappa shape index (κ2) is 6.17. The topological polar surface area (TPSA) is 64.4 Å². The van der Waals surface area contributed by atoms with Crippen molar-refractivity contribution < 1.29 is 18.4 Å². The van der Waals surface area contributed by atoms with E-state index in [9.17, 15) is 18.9 Å². The van der Waals surface area contributed by atoms with Gasteiger partial charge in [0.2, 0.25) is 0 Å². The van der Waals surface area contributed by atoms with Gasteiger partial charge in [-0.1, -0.05) is 18.2 Å². The fourth-order valence-electron chi connectivity index (χ4n) is 1.82. The van der Waals surface area contributed by atoms with E-state index in [0.717, 1.165) is 6.07 Å². The van der Waals surface area contributed by atoms with Crippen LogP contribution in [0.25, 0.3) is 0 Å². The number of nitrogens with one attached hydrogen (secondary N) is 1. The molecule has 2 aromatic carbocycles. The molecule has 0 spiro atoms. The van der Waals surface area contributed by atoms with Gasteiger partial charge in [0.05, 0.1) is 23.8 Å². The second-order valence-electron chi connectivity index (χ2n) is 4.21. The Hall–Kier alpha value is -2.70. The van der Waals surface area contributed by atoms with E-state index in [1.807, 2.05) is 0 Å². The fraction of sp³-hybridized carbons (Fsp3) is 0.143. The van der Waals surface area contributed by atoms with E-state index >= 15 is 0 Å². The van der Waals surface area contributed by atoms with Crippen LogP contribution in [-0.4, -0.2) is 12.0 Å². The van der Waals surface area contributed by atoms with E-state index < -0.39 is 22.2 Å². The maximum absolute atomic E-state index is 13.8. The lowest BCUT2D eigenvalue weighted by atomic mass is 10.2. The first-order chi connectivity index (χ1) is 10.0. The molecule has 0 aliphatic carbocycles. The van der Waals surface area contributed by atoms with Gasteiger partial charge in [-0.05, 0) is 6.07 Å². The summed E-state index contributed by atoms with van der Waals surface area (Å²) in [5.41, 5.74) is -0.110. The van der Waals surface area contributed by atoms with Crippen LogP contribution in [0.3, 0.4) is 0 Å². The van der Waals surface area contributed by atoms with Crippen LogP contribution in [0.5, 0.6) is 5.75 Å². The van der Waals surface area contributed by atoms with Gasteiger partial charge in [-0.3, -0.25) is 10.1 Å². The summed E-state index contributed by atoms with van der Waals surface area (Å²) in [7, 11) is 1.25. The predicted octanol–water partition coefficient (Wildman–Crippen LogP) is 3.49. The van der Waals surface area contributed by atoms with Crippen LogP contribution in [0.15, 0.2) is 36.4 Å². The van der Waals surface area contributed by atoms with Crippen LogP contribution >= 0.6 is 0 Å². The molecule has 5 nitrogen and oxygen atoms in total. The normalized spacial score (nSPS) is 10.2. The maximum atomic E-state index is 13.8. The van der Waals surface area contributed by atoms with Crippen LogP contribution in [0.2, 0.25) is 0 Å². The van der Waals surface area contributed by atoms with Crippen LogP contribution in [0.1, 0.15) is 5.56 Å². The Morgan fingerprint density at radius 1 is 1.24 bits per heavy atom. The maximum Gasteiger partial charge on any atom is 0.313 e. The number of ether oxygens (including phenoxy) is 1. The molecule has 2 rings (SSSR count). The lowest BCUT2D eigenvalue weighted by molar-refractivity contribution is -0.385. The Morgan fingerprint density at radius 3 is 2.57 bits per heavy atom. The van der Waals surface area contributed by atoms with Gasteiger partial charge in [-0.15, -0.1) is 0 Å². The minimum atomic E-state index is -0.807. The molecule has 0 heterocycles. The van der Waals surface area contributed by atoms with Crippen molar-refractivity contribution in [3.8, 4) is 5.75 Å². The number of anilines is 1. The number of hydrogen-bond donors (Lipinski definition) is 1. The van der Waals surface area contributed by atoms with E-state index in [1.165, 1.54) is 19.2 Å². The highest BCUT2D eigenvalue weighted by molar-refractivity contribution is 5.59. The summed E-state index contributed by atoms with van der Waals surface area (Å²) < 4.78 is 32.1. The monoisotopic (exact) mass is 294 g/mol. The van der Waals surface area contributed by atoms with Crippen molar-refractivity contribution in [3.63, 3.8) is 0 Å². The molecule has 0 atom stereocenters. The average Bonchev–Trinajstić information content (AvgIpc) is 2.47. The highest BCUT2D eigenvalue weighted by atomic mass is 19.1. The van der Waals surface area contributed by atoms with Crippen LogP contribution in [-0.2, 0) is 6.54 Å². The van der Waals surface area contributed by atoms with Gasteiger partial charge >= 0.3 is 5.69 Å². The summed E-state index contributed by atoms with van der Waals surface area (Å²) in [5, 5.41) is 13.5. The predicted molar refractivity (Wildman–Crippen MR) is 73.3 cm³/mol. The number of nitro groups is 1. The highest BCUT2D eigenvalue weighted by Gasteiger charge is 2.19. The van der Waals surface area contributed by atoms with E-state index in [4.69, 9.17) is 4.74 Å². The zero-order chi connectivity index (χ0) is 15.4. The molecule has 0 aliphatic rings. The molecule has 0 radical (unpaired) electrons. The van der Waals surface area contributed by atoms with Gasteiger partial charge < -0.3 is 10.1 Å². The van der Waals surface area contributed by atoms with Crippen molar-refractivity contribution in [1.29, 1.82) is 0 Å².